The number of hydrogen-bond donors (Lipinski definition) is 1. The Hall–Kier alpha value is -1.45. The van der Waals surface area contributed by atoms with Crippen molar-refractivity contribution in [2.24, 2.45) is 7.05 Å². The van der Waals surface area contributed by atoms with Gasteiger partial charge in [0.25, 0.3) is 0 Å². The number of ether oxygens (including phenoxy) is 1. The standard InChI is InChI=1S/C9H12N2O2/c1-11-6-2-3-8(11)13-9(12)10-7-4-5-7/h2-3,6-7H,4-5H2,1H3,(H,10,12). The maximum atomic E-state index is 11.2. The van der Waals surface area contributed by atoms with E-state index in [1.54, 1.807) is 10.6 Å². The molecule has 2 rings (SSSR count). The van der Waals surface area contributed by atoms with Gasteiger partial charge in [0.05, 0.1) is 0 Å². The van der Waals surface area contributed by atoms with Crippen LogP contribution in [-0.4, -0.2) is 16.7 Å². The van der Waals surface area contributed by atoms with Gasteiger partial charge in [0.15, 0.2) is 0 Å². The highest BCUT2D eigenvalue weighted by atomic mass is 16.6. The average Bonchev–Trinajstić information content (AvgIpc) is 2.79. The third-order valence-corrected chi connectivity index (χ3v) is 1.99. The Morgan fingerprint density at radius 3 is 3.00 bits per heavy atom. The van der Waals surface area contributed by atoms with Crippen LogP contribution in [0.25, 0.3) is 0 Å². The van der Waals surface area contributed by atoms with Gasteiger partial charge in [-0.25, -0.2) is 4.79 Å². The van der Waals surface area contributed by atoms with Crippen molar-refractivity contribution < 1.29 is 9.53 Å². The van der Waals surface area contributed by atoms with Crippen LogP contribution in [0.3, 0.4) is 0 Å². The predicted molar refractivity (Wildman–Crippen MR) is 47.6 cm³/mol. The highest BCUT2D eigenvalue weighted by molar-refractivity contribution is 5.70. The van der Waals surface area contributed by atoms with Gasteiger partial charge in [-0.3, -0.25) is 0 Å². The molecule has 4 nitrogen and oxygen atoms in total. The maximum absolute atomic E-state index is 11.2. The van der Waals surface area contributed by atoms with Gasteiger partial charge in [0.2, 0.25) is 5.88 Å². The van der Waals surface area contributed by atoms with Gasteiger partial charge < -0.3 is 14.6 Å². The van der Waals surface area contributed by atoms with Gasteiger partial charge in [0.1, 0.15) is 0 Å². The lowest BCUT2D eigenvalue weighted by Crippen LogP contribution is -2.29. The van der Waals surface area contributed by atoms with E-state index < -0.39 is 0 Å². The number of hydrogen-bond acceptors (Lipinski definition) is 2. The topological polar surface area (TPSA) is 43.3 Å². The van der Waals surface area contributed by atoms with E-state index in [-0.39, 0.29) is 6.09 Å². The quantitative estimate of drug-likeness (QED) is 0.744. The molecule has 0 unspecified atom stereocenters. The number of nitrogens with zero attached hydrogens (tertiary/aromatic N) is 1. The summed E-state index contributed by atoms with van der Waals surface area (Å²) >= 11 is 0. The summed E-state index contributed by atoms with van der Waals surface area (Å²) in [5.41, 5.74) is 0. The van der Waals surface area contributed by atoms with Gasteiger partial charge in [-0.15, -0.1) is 0 Å². The second-order valence-electron chi connectivity index (χ2n) is 3.27. The first-order chi connectivity index (χ1) is 6.25. The van der Waals surface area contributed by atoms with E-state index in [1.807, 2.05) is 19.3 Å². The van der Waals surface area contributed by atoms with E-state index in [1.165, 1.54) is 0 Å². The Kier molecular flexibility index (Phi) is 1.96. The molecule has 0 aliphatic heterocycles. The van der Waals surface area contributed by atoms with Crippen LogP contribution in [0.4, 0.5) is 4.79 Å². The van der Waals surface area contributed by atoms with E-state index >= 15 is 0 Å². The molecule has 1 aliphatic rings. The zero-order chi connectivity index (χ0) is 9.26. The lowest BCUT2D eigenvalue weighted by atomic mass is 10.6. The summed E-state index contributed by atoms with van der Waals surface area (Å²) in [5.74, 6) is 0.568. The summed E-state index contributed by atoms with van der Waals surface area (Å²) in [5, 5.41) is 2.74. The zero-order valence-corrected chi connectivity index (χ0v) is 7.49. The van der Waals surface area contributed by atoms with Crippen molar-refractivity contribution in [1.29, 1.82) is 0 Å². The van der Waals surface area contributed by atoms with Gasteiger partial charge >= 0.3 is 6.09 Å². The van der Waals surface area contributed by atoms with Gasteiger partial charge in [-0.05, 0) is 18.9 Å². The molecule has 0 atom stereocenters. The van der Waals surface area contributed by atoms with Crippen molar-refractivity contribution in [2.45, 2.75) is 18.9 Å². The zero-order valence-electron chi connectivity index (χ0n) is 7.49. The van der Waals surface area contributed by atoms with Crippen molar-refractivity contribution in [3.05, 3.63) is 18.3 Å². The molecule has 1 fully saturated rings. The molecule has 1 aliphatic carbocycles. The van der Waals surface area contributed by atoms with Gasteiger partial charge in [-0.2, -0.15) is 0 Å². The Labute approximate surface area is 76.5 Å². The van der Waals surface area contributed by atoms with Crippen LogP contribution in [0.15, 0.2) is 18.3 Å². The molecule has 1 saturated carbocycles. The first-order valence-electron chi connectivity index (χ1n) is 4.35. The van der Waals surface area contributed by atoms with Crippen molar-refractivity contribution in [1.82, 2.24) is 9.88 Å². The normalized spacial score (nSPS) is 15.5. The fourth-order valence-electron chi connectivity index (χ4n) is 1.07. The van der Waals surface area contributed by atoms with E-state index in [9.17, 15) is 4.79 Å². The van der Waals surface area contributed by atoms with Crippen LogP contribution in [0.1, 0.15) is 12.8 Å². The second-order valence-corrected chi connectivity index (χ2v) is 3.27. The van der Waals surface area contributed by atoms with Crippen LogP contribution >= 0.6 is 0 Å². The molecule has 1 aromatic rings. The van der Waals surface area contributed by atoms with Gasteiger partial charge in [0, 0.05) is 25.4 Å². The third kappa shape index (κ3) is 2.02. The molecule has 1 amide bonds. The molecular weight excluding hydrogens is 168 g/mol. The second kappa shape index (κ2) is 3.12. The number of rotatable bonds is 2. The summed E-state index contributed by atoms with van der Waals surface area (Å²) in [7, 11) is 1.83. The fraction of sp³-hybridized carbons (Fsp3) is 0.444. The van der Waals surface area contributed by atoms with Crippen LogP contribution in [0.5, 0.6) is 5.88 Å². The molecule has 4 heteroatoms. The minimum atomic E-state index is -0.357. The fourth-order valence-corrected chi connectivity index (χ4v) is 1.07. The lowest BCUT2D eigenvalue weighted by Gasteiger charge is -2.05. The molecular formula is C9H12N2O2. The minimum Gasteiger partial charge on any atom is -0.393 e. The highest BCUT2D eigenvalue weighted by Crippen LogP contribution is 2.19. The lowest BCUT2D eigenvalue weighted by molar-refractivity contribution is 0.196. The van der Waals surface area contributed by atoms with E-state index in [2.05, 4.69) is 5.32 Å². The van der Waals surface area contributed by atoms with Crippen molar-refractivity contribution >= 4 is 6.09 Å². The average molecular weight is 180 g/mol. The summed E-state index contributed by atoms with van der Waals surface area (Å²) < 4.78 is 6.81. The number of amides is 1. The number of nitrogens with one attached hydrogen (secondary N) is 1. The molecule has 13 heavy (non-hydrogen) atoms. The molecule has 1 N–H and O–H groups in total. The smallest absolute Gasteiger partial charge is 0.393 e. The number of aryl methyl sites for hydroxylation is 1. The Morgan fingerprint density at radius 1 is 1.69 bits per heavy atom. The van der Waals surface area contributed by atoms with Crippen LogP contribution in [0, 0.1) is 0 Å². The highest BCUT2D eigenvalue weighted by Gasteiger charge is 2.24. The SMILES string of the molecule is Cn1cccc1OC(=O)NC1CC1. The van der Waals surface area contributed by atoms with Gasteiger partial charge in [-0.1, -0.05) is 0 Å². The van der Waals surface area contributed by atoms with E-state index in [0.717, 1.165) is 12.8 Å². The monoisotopic (exact) mass is 180 g/mol. The van der Waals surface area contributed by atoms with E-state index in [4.69, 9.17) is 4.74 Å². The molecule has 0 spiro atoms. The largest absolute Gasteiger partial charge is 0.414 e. The summed E-state index contributed by atoms with van der Waals surface area (Å²) in [6.45, 7) is 0. The third-order valence-electron chi connectivity index (χ3n) is 1.99. The van der Waals surface area contributed by atoms with Crippen molar-refractivity contribution in [2.75, 3.05) is 0 Å². The Morgan fingerprint density at radius 2 is 2.46 bits per heavy atom. The van der Waals surface area contributed by atoms with Crippen molar-refractivity contribution in [3.63, 3.8) is 0 Å². The molecule has 0 aromatic carbocycles. The molecule has 0 bridgehead atoms. The Balaban J connectivity index is 1.89. The minimum absolute atomic E-state index is 0.341. The van der Waals surface area contributed by atoms with Crippen LogP contribution in [-0.2, 0) is 7.05 Å². The summed E-state index contributed by atoms with van der Waals surface area (Å²) in [4.78, 5) is 11.2. The first kappa shape index (κ1) is 8.16. The molecule has 1 heterocycles. The summed E-state index contributed by atoms with van der Waals surface area (Å²) in [6, 6.07) is 3.93. The molecule has 70 valence electrons. The summed E-state index contributed by atoms with van der Waals surface area (Å²) in [6.07, 6.45) is 3.62. The molecule has 0 radical (unpaired) electrons. The first-order valence-corrected chi connectivity index (χ1v) is 4.35. The van der Waals surface area contributed by atoms with E-state index in [0.29, 0.717) is 11.9 Å². The molecule has 0 saturated heterocycles. The number of carbonyl (C=O) groups is 1. The van der Waals surface area contributed by atoms with Crippen molar-refractivity contribution in [3.8, 4) is 5.88 Å². The maximum Gasteiger partial charge on any atom is 0.414 e. The Bertz CT molecular complexity index is 315. The predicted octanol–water partition coefficient (Wildman–Crippen LogP) is 1.28. The van der Waals surface area contributed by atoms with Crippen LogP contribution < -0.4 is 10.1 Å². The van der Waals surface area contributed by atoms with Crippen LogP contribution in [0.2, 0.25) is 0 Å². The number of carbonyl (C=O) groups excluding carboxylic acids is 1. The number of aromatic nitrogens is 1. The molecule has 1 aromatic heterocycles.